The molecule has 0 aromatic heterocycles. The molecule has 1 aliphatic carbocycles. The fraction of sp³-hybridized carbons (Fsp3) is 0.478. The van der Waals surface area contributed by atoms with Crippen molar-refractivity contribution >= 4 is 35.5 Å². The molecule has 0 saturated heterocycles. The average molecular weight is 826 g/mol. The van der Waals surface area contributed by atoms with Gasteiger partial charge in [0.25, 0.3) is 5.91 Å². The minimum atomic E-state index is -1.78. The largest absolute Gasteiger partial charge is 0.458 e. The molecule has 1 saturated carbocycles. The maximum absolute atomic E-state index is 14.3. The normalized spacial score (nSPS) is 19.2. The number of aliphatic hydroxyl groups is 1. The minimum absolute atomic E-state index is 0.0284. The molecule has 3 aliphatic rings. The molecular formula is C46H59N5O9. The predicted octanol–water partition coefficient (Wildman–Crippen LogP) is 4.48. The number of nitrogens with one attached hydrogen (secondary N) is 5. The second-order valence-electron chi connectivity index (χ2n) is 16.6. The zero-order valence-corrected chi connectivity index (χ0v) is 35.0. The first-order valence-corrected chi connectivity index (χ1v) is 21.0. The van der Waals surface area contributed by atoms with Gasteiger partial charge in [-0.15, -0.1) is 0 Å². The summed E-state index contributed by atoms with van der Waals surface area (Å²) in [6, 6.07) is 18.9. The number of hydrogen-bond acceptors (Lipinski definition) is 9. The van der Waals surface area contributed by atoms with Crippen LogP contribution in [0.15, 0.2) is 78.9 Å². The number of ether oxygens (including phenoxy) is 2. The van der Waals surface area contributed by atoms with Crippen LogP contribution >= 0.6 is 0 Å². The third-order valence-corrected chi connectivity index (χ3v) is 10.6. The molecule has 2 heterocycles. The molecule has 60 heavy (non-hydrogen) atoms. The van der Waals surface area contributed by atoms with Crippen LogP contribution in [0.2, 0.25) is 0 Å². The summed E-state index contributed by atoms with van der Waals surface area (Å²) < 4.78 is 11.6. The van der Waals surface area contributed by atoms with E-state index in [1.165, 1.54) is 0 Å². The van der Waals surface area contributed by atoms with Gasteiger partial charge in [-0.2, -0.15) is 0 Å². The average Bonchev–Trinajstić information content (AvgIpc) is 3.22. The molecule has 2 unspecified atom stereocenters. The number of esters is 1. The van der Waals surface area contributed by atoms with Crippen LogP contribution in [0.3, 0.4) is 0 Å². The molecule has 4 bridgehead atoms. The molecule has 5 amide bonds. The van der Waals surface area contributed by atoms with E-state index in [0.29, 0.717) is 35.5 Å². The molecule has 322 valence electrons. The van der Waals surface area contributed by atoms with Crippen LogP contribution < -0.4 is 31.3 Å². The molecule has 0 spiro atoms. The van der Waals surface area contributed by atoms with E-state index in [1.54, 1.807) is 75.4 Å². The first-order chi connectivity index (χ1) is 28.7. The van der Waals surface area contributed by atoms with Crippen molar-refractivity contribution in [2.75, 3.05) is 6.54 Å². The van der Waals surface area contributed by atoms with E-state index in [9.17, 15) is 33.9 Å². The Morgan fingerprint density at radius 1 is 0.850 bits per heavy atom. The Morgan fingerprint density at radius 2 is 1.57 bits per heavy atom. The number of amides is 5. The van der Waals surface area contributed by atoms with Crippen molar-refractivity contribution in [3.05, 3.63) is 95.6 Å². The van der Waals surface area contributed by atoms with Crippen molar-refractivity contribution in [2.24, 2.45) is 5.92 Å². The van der Waals surface area contributed by atoms with E-state index >= 15 is 0 Å². The van der Waals surface area contributed by atoms with Gasteiger partial charge in [-0.05, 0) is 93.3 Å². The molecule has 6 N–H and O–H groups in total. The van der Waals surface area contributed by atoms with Gasteiger partial charge in [0, 0.05) is 12.8 Å². The summed E-state index contributed by atoms with van der Waals surface area (Å²) in [6.45, 7) is 6.37. The Morgan fingerprint density at radius 3 is 2.25 bits per heavy atom. The van der Waals surface area contributed by atoms with Crippen LogP contribution in [0.25, 0.3) is 0 Å². The van der Waals surface area contributed by atoms with Crippen molar-refractivity contribution < 1.29 is 43.3 Å². The topological polar surface area (TPSA) is 201 Å². The second kappa shape index (κ2) is 21.5. The maximum Gasteiger partial charge on any atom is 0.333 e. The van der Waals surface area contributed by atoms with Crippen LogP contribution in [0, 0.1) is 5.92 Å². The lowest BCUT2D eigenvalue weighted by molar-refractivity contribution is -0.158. The first kappa shape index (κ1) is 45.3. The van der Waals surface area contributed by atoms with Gasteiger partial charge in [0.2, 0.25) is 23.6 Å². The van der Waals surface area contributed by atoms with Gasteiger partial charge < -0.3 is 41.2 Å². The van der Waals surface area contributed by atoms with Gasteiger partial charge in [-0.25, -0.2) is 4.79 Å². The summed E-state index contributed by atoms with van der Waals surface area (Å²) in [7, 11) is 0. The molecule has 3 aromatic carbocycles. The van der Waals surface area contributed by atoms with Crippen LogP contribution in [0.5, 0.6) is 11.5 Å². The Balaban J connectivity index is 1.32. The molecule has 14 heteroatoms. The minimum Gasteiger partial charge on any atom is -0.458 e. The fourth-order valence-corrected chi connectivity index (χ4v) is 7.53. The van der Waals surface area contributed by atoms with E-state index in [1.807, 2.05) is 31.2 Å². The van der Waals surface area contributed by atoms with Gasteiger partial charge in [-0.1, -0.05) is 87.2 Å². The molecule has 3 aromatic rings. The highest BCUT2D eigenvalue weighted by atomic mass is 16.6. The third-order valence-electron chi connectivity index (χ3n) is 10.6. The first-order valence-electron chi connectivity index (χ1n) is 21.0. The Kier molecular flexibility index (Phi) is 16.2. The Bertz CT molecular complexity index is 1940. The highest BCUT2D eigenvalue weighted by Crippen LogP contribution is 2.28. The summed E-state index contributed by atoms with van der Waals surface area (Å²) >= 11 is 0. The second-order valence-corrected chi connectivity index (χ2v) is 16.6. The van der Waals surface area contributed by atoms with Crippen molar-refractivity contribution in [1.29, 1.82) is 0 Å². The van der Waals surface area contributed by atoms with Gasteiger partial charge >= 0.3 is 5.97 Å². The molecule has 0 radical (unpaired) electrons. The Labute approximate surface area is 351 Å². The number of benzene rings is 3. The van der Waals surface area contributed by atoms with Gasteiger partial charge in [-0.3, -0.25) is 24.0 Å². The quantitative estimate of drug-likeness (QED) is 0.143. The van der Waals surface area contributed by atoms with Crippen LogP contribution in [-0.2, 0) is 46.3 Å². The summed E-state index contributed by atoms with van der Waals surface area (Å²) in [5.74, 6) is -2.74. The number of carbonyl (C=O) groups is 6. The Hall–Kier alpha value is -5.76. The van der Waals surface area contributed by atoms with Gasteiger partial charge in [0.1, 0.15) is 29.2 Å². The summed E-state index contributed by atoms with van der Waals surface area (Å²) in [4.78, 5) is 81.3. The number of hydrogen-bond donors (Lipinski definition) is 6. The van der Waals surface area contributed by atoms with Crippen LogP contribution in [0.1, 0.15) is 102 Å². The standard InChI is InChI=1S/C46H59N5O9/c1-5-13-35(41(54)44(57)47-28-38(53)51-40(32-17-10-7-11-18-32)45(58)60-46(2,3)4)48-42(55)36-27-30-14-12-19-34(26-30)59-33-23-20-29(21-24-33)22-25-37(52)50-39(43(56)49-36)31-15-8-6-9-16-31/h7,10-12,14,17-21,23-24,26,31,35-36,39-41,54H,5-6,8-9,13,15-16,22,25,27-28H2,1-4H3,(H,47,57)(H,48,55)(H,49,56)(H,50,52)(H,51,53)/t35?,36-,39-,40-,41?/m0/s1. The van der Waals surface area contributed by atoms with Crippen molar-refractivity contribution in [1.82, 2.24) is 26.6 Å². The molecule has 6 rings (SSSR count). The molecule has 14 nitrogen and oxygen atoms in total. The maximum atomic E-state index is 14.3. The van der Waals surface area contributed by atoms with E-state index in [4.69, 9.17) is 9.47 Å². The zero-order chi connectivity index (χ0) is 43.2. The zero-order valence-electron chi connectivity index (χ0n) is 35.0. The fourth-order valence-electron chi connectivity index (χ4n) is 7.53. The predicted molar refractivity (Wildman–Crippen MR) is 224 cm³/mol. The highest BCUT2D eigenvalue weighted by Gasteiger charge is 2.36. The van der Waals surface area contributed by atoms with E-state index < -0.39 is 72.0 Å². The van der Waals surface area contributed by atoms with Gasteiger partial charge in [0.15, 0.2) is 12.1 Å². The number of rotatable bonds is 12. The SMILES string of the molecule is CCCC(NC(=O)[C@@H]1Cc2cccc(c2)Oc2ccc(cc2)CCC(=O)N[C@@H](C2CCCCC2)C(=O)N1)C(O)C(=O)NCC(=O)N[C@H](C(=O)OC(C)(C)C)c1ccccc1. The summed E-state index contributed by atoms with van der Waals surface area (Å²) in [6.07, 6.45) is 3.92. The molecule has 1 fully saturated rings. The smallest absolute Gasteiger partial charge is 0.333 e. The van der Waals surface area contributed by atoms with Gasteiger partial charge in [0.05, 0.1) is 12.6 Å². The van der Waals surface area contributed by atoms with E-state index in [-0.39, 0.29) is 31.1 Å². The van der Waals surface area contributed by atoms with Crippen molar-refractivity contribution in [3.63, 3.8) is 0 Å². The summed E-state index contributed by atoms with van der Waals surface area (Å²) in [5.41, 5.74) is 1.28. The van der Waals surface area contributed by atoms with Crippen LogP contribution in [-0.4, -0.2) is 77.0 Å². The third kappa shape index (κ3) is 13.7. The molecule has 5 atom stereocenters. The lowest BCUT2D eigenvalue weighted by Crippen LogP contribution is -2.59. The van der Waals surface area contributed by atoms with Crippen molar-refractivity contribution in [2.45, 2.75) is 128 Å². The number of aryl methyl sites for hydroxylation is 1. The molecule has 2 aliphatic heterocycles. The number of aliphatic hydroxyl groups excluding tert-OH is 1. The monoisotopic (exact) mass is 825 g/mol. The molecular weight excluding hydrogens is 767 g/mol. The van der Waals surface area contributed by atoms with E-state index in [2.05, 4.69) is 26.6 Å². The lowest BCUT2D eigenvalue weighted by atomic mass is 9.83. The van der Waals surface area contributed by atoms with Crippen molar-refractivity contribution in [3.8, 4) is 11.5 Å². The van der Waals surface area contributed by atoms with Crippen LogP contribution in [0.4, 0.5) is 0 Å². The lowest BCUT2D eigenvalue weighted by Gasteiger charge is -2.32. The van der Waals surface area contributed by atoms with E-state index in [0.717, 1.165) is 37.7 Å². The summed E-state index contributed by atoms with van der Waals surface area (Å²) in [5, 5.41) is 25.0. The number of carbonyl (C=O) groups excluding carboxylic acids is 6. The number of fused-ring (bicyclic) bond motifs is 10. The highest BCUT2D eigenvalue weighted by molar-refractivity contribution is 5.93.